The normalized spacial score (nSPS) is 17.2. The molecule has 6 heteroatoms. The van der Waals surface area contributed by atoms with E-state index in [2.05, 4.69) is 9.97 Å². The van der Waals surface area contributed by atoms with E-state index >= 15 is 0 Å². The van der Waals surface area contributed by atoms with Crippen LogP contribution >= 0.6 is 0 Å². The summed E-state index contributed by atoms with van der Waals surface area (Å²) in [5.74, 6) is -0.292. The summed E-state index contributed by atoms with van der Waals surface area (Å²) in [5.41, 5.74) is 1.75. The van der Waals surface area contributed by atoms with Gasteiger partial charge in [-0.1, -0.05) is 24.3 Å². The first-order valence-electron chi connectivity index (χ1n) is 9.13. The molecule has 1 N–H and O–H groups in total. The van der Waals surface area contributed by atoms with Crippen LogP contribution < -0.4 is 5.56 Å². The third-order valence-corrected chi connectivity index (χ3v) is 5.05. The number of fused-ring (bicyclic) bond motifs is 1. The Morgan fingerprint density at radius 3 is 2.78 bits per heavy atom. The molecular formula is C21H20FN3O2. The third kappa shape index (κ3) is 3.74. The maximum atomic E-state index is 13.1. The molecule has 1 amide bonds. The molecule has 0 saturated carbocycles. The fraction of sp³-hybridized carbons (Fsp3) is 0.286. The second-order valence-corrected chi connectivity index (χ2v) is 7.02. The Kier molecular flexibility index (Phi) is 4.71. The summed E-state index contributed by atoms with van der Waals surface area (Å²) in [7, 11) is 0. The molecule has 138 valence electrons. The van der Waals surface area contributed by atoms with Crippen LogP contribution in [0.3, 0.4) is 0 Å². The number of aromatic amines is 1. The van der Waals surface area contributed by atoms with Crippen molar-refractivity contribution < 1.29 is 9.18 Å². The van der Waals surface area contributed by atoms with Crippen molar-refractivity contribution in [3.63, 3.8) is 0 Å². The number of nitrogens with one attached hydrogen (secondary N) is 1. The lowest BCUT2D eigenvalue weighted by atomic mass is 9.91. The molecule has 1 unspecified atom stereocenters. The molecule has 1 aliphatic heterocycles. The van der Waals surface area contributed by atoms with Crippen molar-refractivity contribution in [1.82, 2.24) is 14.9 Å². The van der Waals surface area contributed by atoms with E-state index in [0.717, 1.165) is 24.8 Å². The van der Waals surface area contributed by atoms with E-state index in [9.17, 15) is 14.0 Å². The van der Waals surface area contributed by atoms with E-state index in [1.807, 2.05) is 12.1 Å². The van der Waals surface area contributed by atoms with Crippen molar-refractivity contribution in [1.29, 1.82) is 0 Å². The SMILES string of the molecule is O=C(c1nc2ccccc2[nH]c1=O)N1CCCC(Cc2ccc(F)cc2)C1. The number of hydrogen-bond acceptors (Lipinski definition) is 3. The molecule has 0 bridgehead atoms. The Hall–Kier alpha value is -3.02. The Balaban J connectivity index is 1.52. The van der Waals surface area contributed by atoms with Gasteiger partial charge in [0.05, 0.1) is 11.0 Å². The van der Waals surface area contributed by atoms with Gasteiger partial charge in [-0.3, -0.25) is 9.59 Å². The van der Waals surface area contributed by atoms with Crippen molar-refractivity contribution in [3.05, 3.63) is 76.0 Å². The Labute approximate surface area is 155 Å². The third-order valence-electron chi connectivity index (χ3n) is 5.05. The molecule has 1 aliphatic rings. The summed E-state index contributed by atoms with van der Waals surface area (Å²) in [4.78, 5) is 34.0. The Bertz CT molecular complexity index is 1030. The molecule has 2 heterocycles. The Morgan fingerprint density at radius 1 is 1.19 bits per heavy atom. The van der Waals surface area contributed by atoms with E-state index in [4.69, 9.17) is 0 Å². The average molecular weight is 365 g/mol. The van der Waals surface area contributed by atoms with E-state index in [1.165, 1.54) is 12.1 Å². The lowest BCUT2D eigenvalue weighted by molar-refractivity contribution is 0.0666. The number of carbonyl (C=O) groups excluding carboxylic acids is 1. The summed E-state index contributed by atoms with van der Waals surface area (Å²) < 4.78 is 13.1. The number of carbonyl (C=O) groups is 1. The maximum absolute atomic E-state index is 13.1. The predicted molar refractivity (Wildman–Crippen MR) is 101 cm³/mol. The molecule has 27 heavy (non-hydrogen) atoms. The number of amides is 1. The summed E-state index contributed by atoms with van der Waals surface area (Å²) >= 11 is 0. The van der Waals surface area contributed by atoms with Gasteiger partial charge in [0.2, 0.25) is 0 Å². The summed E-state index contributed by atoms with van der Waals surface area (Å²) in [6.07, 6.45) is 2.66. The summed E-state index contributed by atoms with van der Waals surface area (Å²) in [6.45, 7) is 1.19. The number of H-pyrrole nitrogens is 1. The van der Waals surface area contributed by atoms with Gasteiger partial charge in [-0.25, -0.2) is 9.37 Å². The Morgan fingerprint density at radius 2 is 1.96 bits per heavy atom. The van der Waals surface area contributed by atoms with Gasteiger partial charge < -0.3 is 9.88 Å². The number of piperidine rings is 1. The van der Waals surface area contributed by atoms with E-state index < -0.39 is 5.56 Å². The minimum Gasteiger partial charge on any atom is -0.337 e. The number of para-hydroxylation sites is 2. The molecular weight excluding hydrogens is 345 g/mol. The lowest BCUT2D eigenvalue weighted by Gasteiger charge is -2.32. The van der Waals surface area contributed by atoms with Crippen LogP contribution in [0.2, 0.25) is 0 Å². The van der Waals surface area contributed by atoms with Crippen molar-refractivity contribution >= 4 is 16.9 Å². The van der Waals surface area contributed by atoms with Crippen LogP contribution in [0.5, 0.6) is 0 Å². The van der Waals surface area contributed by atoms with Gasteiger partial charge in [0.15, 0.2) is 5.69 Å². The topological polar surface area (TPSA) is 66.1 Å². The number of aromatic nitrogens is 2. The van der Waals surface area contributed by atoms with E-state index in [0.29, 0.717) is 24.1 Å². The number of benzene rings is 2. The summed E-state index contributed by atoms with van der Waals surface area (Å²) in [5, 5.41) is 0. The van der Waals surface area contributed by atoms with Gasteiger partial charge in [0, 0.05) is 13.1 Å². The van der Waals surface area contributed by atoms with Gasteiger partial charge in [-0.2, -0.15) is 0 Å². The highest BCUT2D eigenvalue weighted by molar-refractivity contribution is 5.93. The standard InChI is InChI=1S/C21H20FN3O2/c22-16-9-7-14(8-10-16)12-15-4-3-11-25(13-15)21(27)19-20(26)24-18-6-2-1-5-17(18)23-19/h1-2,5-10,15H,3-4,11-13H2,(H,24,26). The molecule has 1 fully saturated rings. The molecule has 1 aromatic heterocycles. The van der Waals surface area contributed by atoms with Crippen molar-refractivity contribution in [3.8, 4) is 0 Å². The lowest BCUT2D eigenvalue weighted by Crippen LogP contribution is -2.42. The van der Waals surface area contributed by atoms with Gasteiger partial charge in [-0.15, -0.1) is 0 Å². The molecule has 0 radical (unpaired) electrons. The highest BCUT2D eigenvalue weighted by atomic mass is 19.1. The molecule has 5 nitrogen and oxygen atoms in total. The number of likely N-dealkylation sites (tertiary alicyclic amines) is 1. The fourth-order valence-electron chi connectivity index (χ4n) is 3.69. The number of nitrogens with zero attached hydrogens (tertiary/aromatic N) is 2. The van der Waals surface area contributed by atoms with E-state index in [1.54, 1.807) is 29.2 Å². The number of hydrogen-bond donors (Lipinski definition) is 1. The maximum Gasteiger partial charge on any atom is 0.280 e. The zero-order chi connectivity index (χ0) is 18.8. The van der Waals surface area contributed by atoms with Crippen LogP contribution in [0.25, 0.3) is 11.0 Å². The first-order valence-corrected chi connectivity index (χ1v) is 9.13. The minimum atomic E-state index is -0.459. The quantitative estimate of drug-likeness (QED) is 0.775. The van der Waals surface area contributed by atoms with Crippen LogP contribution in [-0.4, -0.2) is 33.9 Å². The molecule has 4 rings (SSSR count). The van der Waals surface area contributed by atoms with Crippen molar-refractivity contribution in [2.75, 3.05) is 13.1 Å². The molecule has 1 saturated heterocycles. The molecule has 1 atom stereocenters. The predicted octanol–water partition coefficient (Wildman–Crippen LogP) is 3.16. The average Bonchev–Trinajstić information content (AvgIpc) is 2.69. The van der Waals surface area contributed by atoms with Crippen LogP contribution in [-0.2, 0) is 6.42 Å². The van der Waals surface area contributed by atoms with Crippen LogP contribution in [0, 0.1) is 11.7 Å². The molecule has 0 aliphatic carbocycles. The minimum absolute atomic E-state index is 0.0591. The summed E-state index contributed by atoms with van der Waals surface area (Å²) in [6, 6.07) is 13.7. The highest BCUT2D eigenvalue weighted by Gasteiger charge is 2.27. The molecule has 2 aromatic carbocycles. The van der Waals surface area contributed by atoms with Crippen molar-refractivity contribution in [2.45, 2.75) is 19.3 Å². The first-order chi connectivity index (χ1) is 13.1. The van der Waals surface area contributed by atoms with E-state index in [-0.39, 0.29) is 23.3 Å². The number of halogens is 1. The van der Waals surface area contributed by atoms with Gasteiger partial charge >= 0.3 is 0 Å². The fourth-order valence-corrected chi connectivity index (χ4v) is 3.69. The second kappa shape index (κ2) is 7.31. The molecule has 3 aromatic rings. The van der Waals surface area contributed by atoms with Gasteiger partial charge in [-0.05, 0) is 55.0 Å². The van der Waals surface area contributed by atoms with Crippen molar-refractivity contribution in [2.24, 2.45) is 5.92 Å². The van der Waals surface area contributed by atoms with Crippen LogP contribution in [0.15, 0.2) is 53.3 Å². The molecule has 0 spiro atoms. The monoisotopic (exact) mass is 365 g/mol. The first kappa shape index (κ1) is 17.4. The zero-order valence-corrected chi connectivity index (χ0v) is 14.8. The smallest absolute Gasteiger partial charge is 0.280 e. The zero-order valence-electron chi connectivity index (χ0n) is 14.8. The van der Waals surface area contributed by atoms with Crippen LogP contribution in [0.1, 0.15) is 28.9 Å². The largest absolute Gasteiger partial charge is 0.337 e. The number of rotatable bonds is 3. The van der Waals surface area contributed by atoms with Crippen LogP contribution in [0.4, 0.5) is 4.39 Å². The van der Waals surface area contributed by atoms with Gasteiger partial charge in [0.1, 0.15) is 5.82 Å². The van der Waals surface area contributed by atoms with Gasteiger partial charge in [0.25, 0.3) is 11.5 Å². The highest BCUT2D eigenvalue weighted by Crippen LogP contribution is 2.22. The second-order valence-electron chi connectivity index (χ2n) is 7.02.